The van der Waals surface area contributed by atoms with Gasteiger partial charge in [-0.2, -0.15) is 0 Å². The second kappa shape index (κ2) is 6.52. The summed E-state index contributed by atoms with van der Waals surface area (Å²) in [6.45, 7) is -0.265. The molecule has 0 saturated carbocycles. The lowest BCUT2D eigenvalue weighted by atomic mass is 9.82. The summed E-state index contributed by atoms with van der Waals surface area (Å²) in [5.41, 5.74) is 2.15. The van der Waals surface area contributed by atoms with Gasteiger partial charge in [-0.25, -0.2) is 4.79 Å². The lowest BCUT2D eigenvalue weighted by molar-refractivity contribution is -0.142. The Kier molecular flexibility index (Phi) is 4.74. The van der Waals surface area contributed by atoms with Gasteiger partial charge in [0.1, 0.15) is 6.04 Å². The van der Waals surface area contributed by atoms with Crippen molar-refractivity contribution >= 4 is 11.9 Å². The predicted molar refractivity (Wildman–Crippen MR) is 73.4 cm³/mol. The number of aryl methyl sites for hydroxylation is 1. The number of rotatable bonds is 5. The molecule has 3 N–H and O–H groups in total. The average Bonchev–Trinajstić information content (AvgIpc) is 2.46. The summed E-state index contributed by atoms with van der Waals surface area (Å²) in [5, 5.41) is 20.4. The molecule has 1 unspecified atom stereocenters. The number of benzene rings is 1. The van der Waals surface area contributed by atoms with E-state index in [-0.39, 0.29) is 24.9 Å². The number of hydrogen-bond donors (Lipinski definition) is 3. The highest BCUT2D eigenvalue weighted by Gasteiger charge is 2.29. The van der Waals surface area contributed by atoms with E-state index in [1.54, 1.807) is 0 Å². The zero-order valence-electron chi connectivity index (χ0n) is 11.2. The number of hydrogen-bond acceptors (Lipinski definition) is 3. The molecule has 20 heavy (non-hydrogen) atoms. The monoisotopic (exact) mass is 277 g/mol. The Morgan fingerprint density at radius 1 is 1.35 bits per heavy atom. The van der Waals surface area contributed by atoms with Crippen molar-refractivity contribution in [3.8, 4) is 0 Å². The molecular weight excluding hydrogens is 258 g/mol. The van der Waals surface area contributed by atoms with Gasteiger partial charge in [0, 0.05) is 13.0 Å². The van der Waals surface area contributed by atoms with Gasteiger partial charge in [0.15, 0.2) is 0 Å². The van der Waals surface area contributed by atoms with Crippen LogP contribution in [-0.2, 0) is 16.0 Å². The van der Waals surface area contributed by atoms with Crippen LogP contribution in [0.4, 0.5) is 0 Å². The Labute approximate surface area is 117 Å². The van der Waals surface area contributed by atoms with E-state index >= 15 is 0 Å². The van der Waals surface area contributed by atoms with Crippen LogP contribution in [0.3, 0.4) is 0 Å². The fraction of sp³-hybridized carbons (Fsp3) is 0.467. The molecule has 1 aromatic rings. The maximum Gasteiger partial charge on any atom is 0.326 e. The lowest BCUT2D eigenvalue weighted by Crippen LogP contribution is -2.44. The zero-order chi connectivity index (χ0) is 14.5. The number of carbonyl (C=O) groups is 2. The van der Waals surface area contributed by atoms with E-state index in [0.29, 0.717) is 0 Å². The van der Waals surface area contributed by atoms with Crippen LogP contribution >= 0.6 is 0 Å². The summed E-state index contributed by atoms with van der Waals surface area (Å²) in [4.78, 5) is 23.3. The molecule has 0 aliphatic heterocycles. The van der Waals surface area contributed by atoms with Gasteiger partial charge >= 0.3 is 5.97 Å². The van der Waals surface area contributed by atoms with Crippen molar-refractivity contribution in [2.24, 2.45) is 0 Å². The van der Waals surface area contributed by atoms with Gasteiger partial charge in [-0.05, 0) is 30.4 Å². The fourth-order valence-electron chi connectivity index (χ4n) is 2.69. The Morgan fingerprint density at radius 2 is 2.10 bits per heavy atom. The smallest absolute Gasteiger partial charge is 0.326 e. The van der Waals surface area contributed by atoms with Crippen LogP contribution in [-0.4, -0.2) is 34.7 Å². The molecule has 0 aromatic heterocycles. The van der Waals surface area contributed by atoms with Crippen molar-refractivity contribution in [1.29, 1.82) is 0 Å². The van der Waals surface area contributed by atoms with E-state index in [1.165, 1.54) is 0 Å². The largest absolute Gasteiger partial charge is 0.480 e. The van der Waals surface area contributed by atoms with Crippen LogP contribution < -0.4 is 5.32 Å². The van der Waals surface area contributed by atoms with Crippen LogP contribution in [0.1, 0.15) is 36.3 Å². The van der Waals surface area contributed by atoms with Crippen LogP contribution in [0, 0.1) is 0 Å². The number of aliphatic carboxylic acids is 1. The predicted octanol–water partition coefficient (Wildman–Crippen LogP) is 1.06. The molecule has 1 amide bonds. The maximum atomic E-state index is 12.3. The number of fused-ring (bicyclic) bond motifs is 1. The third kappa shape index (κ3) is 3.17. The molecule has 0 fully saturated rings. The Balaban J connectivity index is 2.12. The maximum absolute atomic E-state index is 12.3. The Hall–Kier alpha value is -1.88. The van der Waals surface area contributed by atoms with Crippen molar-refractivity contribution in [2.75, 3.05) is 6.61 Å². The number of aliphatic hydroxyl groups is 1. The first-order valence-electron chi connectivity index (χ1n) is 6.85. The molecule has 0 saturated heterocycles. The topological polar surface area (TPSA) is 86.6 Å². The second-order valence-electron chi connectivity index (χ2n) is 5.06. The number of carbonyl (C=O) groups excluding carboxylic acids is 1. The molecule has 0 radical (unpaired) electrons. The van der Waals surface area contributed by atoms with Crippen molar-refractivity contribution < 1.29 is 19.8 Å². The summed E-state index contributed by atoms with van der Waals surface area (Å²) in [6.07, 6.45) is 2.63. The van der Waals surface area contributed by atoms with E-state index in [2.05, 4.69) is 5.32 Å². The number of nitrogens with one attached hydrogen (secondary N) is 1. The van der Waals surface area contributed by atoms with E-state index < -0.39 is 12.0 Å². The van der Waals surface area contributed by atoms with Gasteiger partial charge < -0.3 is 15.5 Å². The first-order chi connectivity index (χ1) is 9.63. The van der Waals surface area contributed by atoms with Crippen molar-refractivity contribution in [2.45, 2.75) is 37.6 Å². The zero-order valence-corrected chi connectivity index (χ0v) is 11.2. The minimum atomic E-state index is -1.11. The minimum Gasteiger partial charge on any atom is -0.480 e. The quantitative estimate of drug-likeness (QED) is 0.751. The summed E-state index contributed by atoms with van der Waals surface area (Å²) < 4.78 is 0. The molecule has 0 spiro atoms. The van der Waals surface area contributed by atoms with Gasteiger partial charge in [0.25, 0.3) is 0 Å². The Morgan fingerprint density at radius 3 is 2.80 bits per heavy atom. The molecule has 5 nitrogen and oxygen atoms in total. The standard InChI is InChI=1S/C15H19NO4/c17-9-8-13(15(19)20)16-14(18)12-7-3-5-10-4-1-2-6-11(10)12/h1-2,4,6,12-13,17H,3,5,7-9H2,(H,16,18)(H,19,20)/t12?,13-/m0/s1. The number of carboxylic acid groups (broad SMARTS) is 1. The summed E-state index contributed by atoms with van der Waals surface area (Å²) >= 11 is 0. The van der Waals surface area contributed by atoms with E-state index in [1.807, 2.05) is 24.3 Å². The first-order valence-corrected chi connectivity index (χ1v) is 6.85. The number of carboxylic acids is 1. The molecule has 1 aromatic carbocycles. The highest BCUT2D eigenvalue weighted by molar-refractivity contribution is 5.88. The normalized spacial score (nSPS) is 18.9. The molecule has 1 aliphatic rings. The van der Waals surface area contributed by atoms with E-state index in [0.717, 1.165) is 30.4 Å². The molecular formula is C15H19NO4. The molecule has 1 aliphatic carbocycles. The van der Waals surface area contributed by atoms with Gasteiger partial charge in [-0.1, -0.05) is 24.3 Å². The minimum absolute atomic E-state index is 0.0233. The molecule has 108 valence electrons. The second-order valence-corrected chi connectivity index (χ2v) is 5.06. The summed E-state index contributed by atoms with van der Waals surface area (Å²) in [7, 11) is 0. The summed E-state index contributed by atoms with van der Waals surface area (Å²) in [6, 6.07) is 6.76. The highest BCUT2D eigenvalue weighted by Crippen LogP contribution is 2.31. The number of amides is 1. The SMILES string of the molecule is O=C(N[C@@H](CCO)C(=O)O)C1CCCc2ccccc21. The average molecular weight is 277 g/mol. The van der Waals surface area contributed by atoms with Crippen molar-refractivity contribution in [3.63, 3.8) is 0 Å². The lowest BCUT2D eigenvalue weighted by Gasteiger charge is -2.26. The van der Waals surface area contributed by atoms with E-state index in [9.17, 15) is 9.59 Å². The first kappa shape index (κ1) is 14.5. The molecule has 0 heterocycles. The Bertz CT molecular complexity index is 500. The van der Waals surface area contributed by atoms with Crippen LogP contribution in [0.5, 0.6) is 0 Å². The molecule has 2 atom stereocenters. The van der Waals surface area contributed by atoms with Gasteiger partial charge in [-0.3, -0.25) is 4.79 Å². The number of aliphatic hydroxyl groups excluding tert-OH is 1. The van der Waals surface area contributed by atoms with Crippen molar-refractivity contribution in [3.05, 3.63) is 35.4 Å². The molecule has 0 bridgehead atoms. The van der Waals surface area contributed by atoms with Crippen LogP contribution in [0.2, 0.25) is 0 Å². The molecule has 2 rings (SSSR count). The van der Waals surface area contributed by atoms with Crippen molar-refractivity contribution in [1.82, 2.24) is 5.32 Å². The third-order valence-corrected chi connectivity index (χ3v) is 3.72. The third-order valence-electron chi connectivity index (χ3n) is 3.72. The summed E-state index contributed by atoms with van der Waals surface area (Å²) in [5.74, 6) is -1.67. The fourth-order valence-corrected chi connectivity index (χ4v) is 2.69. The van der Waals surface area contributed by atoms with E-state index in [4.69, 9.17) is 10.2 Å². The highest BCUT2D eigenvalue weighted by atomic mass is 16.4. The van der Waals surface area contributed by atoms with Gasteiger partial charge in [0.05, 0.1) is 5.92 Å². The van der Waals surface area contributed by atoms with Gasteiger partial charge in [-0.15, -0.1) is 0 Å². The molecule has 5 heteroatoms. The van der Waals surface area contributed by atoms with Crippen LogP contribution in [0.25, 0.3) is 0 Å². The van der Waals surface area contributed by atoms with Gasteiger partial charge in [0.2, 0.25) is 5.91 Å². The van der Waals surface area contributed by atoms with Crippen LogP contribution in [0.15, 0.2) is 24.3 Å².